The summed E-state index contributed by atoms with van der Waals surface area (Å²) in [5, 5.41) is 3.61. The van der Waals surface area contributed by atoms with E-state index in [0.717, 1.165) is 17.5 Å². The van der Waals surface area contributed by atoms with Gasteiger partial charge in [0.15, 0.2) is 0 Å². The van der Waals surface area contributed by atoms with Gasteiger partial charge in [-0.2, -0.15) is 0 Å². The molecule has 0 aromatic heterocycles. The molecule has 5 heteroatoms. The van der Waals surface area contributed by atoms with E-state index in [0.29, 0.717) is 28.6 Å². The Balaban J connectivity index is 2.01. The Morgan fingerprint density at radius 2 is 1.65 bits per heavy atom. The van der Waals surface area contributed by atoms with Crippen molar-refractivity contribution < 1.29 is 14.3 Å². The van der Waals surface area contributed by atoms with Crippen molar-refractivity contribution in [2.45, 2.75) is 13.3 Å². The van der Waals surface area contributed by atoms with Gasteiger partial charge in [0.25, 0.3) is 5.91 Å². The Bertz CT molecular complexity index is 658. The predicted octanol–water partition coefficient (Wildman–Crippen LogP) is 3.64. The highest BCUT2D eigenvalue weighted by atomic mass is 35.5. The average molecular weight is 334 g/mol. The first-order valence-corrected chi connectivity index (χ1v) is 7.68. The third-order valence-corrected chi connectivity index (χ3v) is 3.88. The first kappa shape index (κ1) is 17.2. The minimum absolute atomic E-state index is 0.157. The lowest BCUT2D eigenvalue weighted by Gasteiger charge is -2.12. The van der Waals surface area contributed by atoms with E-state index in [1.807, 2.05) is 31.2 Å². The molecule has 0 aliphatic heterocycles. The molecule has 122 valence electrons. The van der Waals surface area contributed by atoms with E-state index in [4.69, 9.17) is 21.1 Å². The summed E-state index contributed by atoms with van der Waals surface area (Å²) < 4.78 is 10.6. The molecular formula is C18H20ClNO3. The molecule has 4 nitrogen and oxygen atoms in total. The molecule has 2 aromatic carbocycles. The molecule has 0 aliphatic carbocycles. The Labute approximate surface area is 141 Å². The van der Waals surface area contributed by atoms with Crippen molar-refractivity contribution in [1.82, 2.24) is 5.32 Å². The SMILES string of the molecule is COc1cc(C(=O)NCCc2ccc(Cl)cc2)cc(OC)c1C. The molecule has 0 saturated carbocycles. The van der Waals surface area contributed by atoms with Crippen LogP contribution in [0.25, 0.3) is 0 Å². The predicted molar refractivity (Wildman–Crippen MR) is 91.8 cm³/mol. The zero-order valence-corrected chi connectivity index (χ0v) is 14.2. The van der Waals surface area contributed by atoms with Crippen molar-refractivity contribution in [3.63, 3.8) is 0 Å². The molecule has 0 saturated heterocycles. The highest BCUT2D eigenvalue weighted by Crippen LogP contribution is 2.29. The summed E-state index contributed by atoms with van der Waals surface area (Å²) in [6.45, 7) is 2.43. The molecule has 0 heterocycles. The third-order valence-electron chi connectivity index (χ3n) is 3.63. The van der Waals surface area contributed by atoms with Crippen molar-refractivity contribution in [3.05, 3.63) is 58.1 Å². The first-order chi connectivity index (χ1) is 11.0. The van der Waals surface area contributed by atoms with Crippen LogP contribution in [-0.2, 0) is 6.42 Å². The summed E-state index contributed by atoms with van der Waals surface area (Å²) in [6, 6.07) is 11.0. The van der Waals surface area contributed by atoms with Gasteiger partial charge in [0.05, 0.1) is 14.2 Å². The van der Waals surface area contributed by atoms with Crippen LogP contribution >= 0.6 is 11.6 Å². The van der Waals surface area contributed by atoms with Gasteiger partial charge in [-0.25, -0.2) is 0 Å². The monoisotopic (exact) mass is 333 g/mol. The van der Waals surface area contributed by atoms with E-state index in [-0.39, 0.29) is 5.91 Å². The number of hydrogen-bond acceptors (Lipinski definition) is 3. The zero-order valence-electron chi connectivity index (χ0n) is 13.5. The summed E-state index contributed by atoms with van der Waals surface area (Å²) in [5.41, 5.74) is 2.50. The molecule has 0 unspecified atom stereocenters. The second-order valence-electron chi connectivity index (χ2n) is 5.14. The van der Waals surface area contributed by atoms with Gasteiger partial charge in [0.2, 0.25) is 0 Å². The molecule has 23 heavy (non-hydrogen) atoms. The van der Waals surface area contributed by atoms with E-state index >= 15 is 0 Å². The van der Waals surface area contributed by atoms with Crippen LogP contribution in [0.4, 0.5) is 0 Å². The van der Waals surface area contributed by atoms with Gasteiger partial charge >= 0.3 is 0 Å². The van der Waals surface area contributed by atoms with Crippen molar-refractivity contribution in [3.8, 4) is 11.5 Å². The lowest BCUT2D eigenvalue weighted by atomic mass is 10.1. The quantitative estimate of drug-likeness (QED) is 0.878. The maximum absolute atomic E-state index is 12.3. The van der Waals surface area contributed by atoms with Crippen LogP contribution in [0.3, 0.4) is 0 Å². The topological polar surface area (TPSA) is 47.6 Å². The summed E-state index contributed by atoms with van der Waals surface area (Å²) in [4.78, 5) is 12.3. The van der Waals surface area contributed by atoms with E-state index in [1.54, 1.807) is 26.4 Å². The number of rotatable bonds is 6. The fourth-order valence-electron chi connectivity index (χ4n) is 2.29. The summed E-state index contributed by atoms with van der Waals surface area (Å²) >= 11 is 5.85. The van der Waals surface area contributed by atoms with Crippen LogP contribution < -0.4 is 14.8 Å². The molecule has 1 N–H and O–H groups in total. The molecule has 0 bridgehead atoms. The number of ether oxygens (including phenoxy) is 2. The van der Waals surface area contributed by atoms with Crippen molar-refractivity contribution in [1.29, 1.82) is 0 Å². The Kier molecular flexibility index (Phi) is 5.88. The minimum Gasteiger partial charge on any atom is -0.496 e. The lowest BCUT2D eigenvalue weighted by Crippen LogP contribution is -2.25. The van der Waals surface area contributed by atoms with Gasteiger partial charge in [-0.1, -0.05) is 23.7 Å². The lowest BCUT2D eigenvalue weighted by molar-refractivity contribution is 0.0953. The molecule has 0 radical (unpaired) electrons. The number of carbonyl (C=O) groups is 1. The van der Waals surface area contributed by atoms with Gasteiger partial charge in [0, 0.05) is 22.7 Å². The fourth-order valence-corrected chi connectivity index (χ4v) is 2.42. The van der Waals surface area contributed by atoms with Crippen molar-refractivity contribution in [2.24, 2.45) is 0 Å². The summed E-state index contributed by atoms with van der Waals surface area (Å²) in [5.74, 6) is 1.11. The van der Waals surface area contributed by atoms with Crippen molar-refractivity contribution >= 4 is 17.5 Å². The van der Waals surface area contributed by atoms with Crippen LogP contribution in [0, 0.1) is 6.92 Å². The number of hydrogen-bond donors (Lipinski definition) is 1. The highest BCUT2D eigenvalue weighted by Gasteiger charge is 2.13. The number of carbonyl (C=O) groups excluding carboxylic acids is 1. The van der Waals surface area contributed by atoms with E-state index < -0.39 is 0 Å². The van der Waals surface area contributed by atoms with Gasteiger partial charge in [-0.05, 0) is 43.2 Å². The summed E-state index contributed by atoms with van der Waals surface area (Å²) in [7, 11) is 3.15. The summed E-state index contributed by atoms with van der Waals surface area (Å²) in [6.07, 6.45) is 0.739. The van der Waals surface area contributed by atoms with Crippen LogP contribution in [0.1, 0.15) is 21.5 Å². The third kappa shape index (κ3) is 4.39. The standard InChI is InChI=1S/C18H20ClNO3/c1-12-16(22-2)10-14(11-17(12)23-3)18(21)20-9-8-13-4-6-15(19)7-5-13/h4-7,10-11H,8-9H2,1-3H3,(H,20,21). The maximum atomic E-state index is 12.3. The smallest absolute Gasteiger partial charge is 0.251 e. The van der Waals surface area contributed by atoms with Gasteiger partial charge in [-0.15, -0.1) is 0 Å². The Hall–Kier alpha value is -2.20. The van der Waals surface area contributed by atoms with E-state index in [1.165, 1.54) is 0 Å². The second-order valence-corrected chi connectivity index (χ2v) is 5.57. The van der Waals surface area contributed by atoms with Gasteiger partial charge in [0.1, 0.15) is 11.5 Å². The first-order valence-electron chi connectivity index (χ1n) is 7.30. The van der Waals surface area contributed by atoms with E-state index in [9.17, 15) is 4.79 Å². The Morgan fingerprint density at radius 1 is 1.09 bits per heavy atom. The molecule has 2 aromatic rings. The van der Waals surface area contributed by atoms with Crippen LogP contribution in [-0.4, -0.2) is 26.7 Å². The number of nitrogens with one attached hydrogen (secondary N) is 1. The normalized spacial score (nSPS) is 10.3. The Morgan fingerprint density at radius 3 is 2.17 bits per heavy atom. The molecule has 1 amide bonds. The van der Waals surface area contributed by atoms with Crippen LogP contribution in [0.5, 0.6) is 11.5 Å². The van der Waals surface area contributed by atoms with E-state index in [2.05, 4.69) is 5.32 Å². The molecular weight excluding hydrogens is 314 g/mol. The minimum atomic E-state index is -0.157. The van der Waals surface area contributed by atoms with Crippen molar-refractivity contribution in [2.75, 3.05) is 20.8 Å². The highest BCUT2D eigenvalue weighted by molar-refractivity contribution is 6.30. The fraction of sp³-hybridized carbons (Fsp3) is 0.278. The molecule has 2 rings (SSSR count). The van der Waals surface area contributed by atoms with Gasteiger partial charge in [-0.3, -0.25) is 4.79 Å². The number of methoxy groups -OCH3 is 2. The van der Waals surface area contributed by atoms with Gasteiger partial charge < -0.3 is 14.8 Å². The molecule has 0 fully saturated rings. The largest absolute Gasteiger partial charge is 0.496 e. The number of halogens is 1. The second kappa shape index (κ2) is 7.88. The average Bonchev–Trinajstić information content (AvgIpc) is 2.56. The molecule has 0 atom stereocenters. The van der Waals surface area contributed by atoms with Crippen LogP contribution in [0.2, 0.25) is 5.02 Å². The number of benzene rings is 2. The number of amides is 1. The van der Waals surface area contributed by atoms with Crippen LogP contribution in [0.15, 0.2) is 36.4 Å². The molecule has 0 spiro atoms. The molecule has 0 aliphatic rings. The zero-order chi connectivity index (χ0) is 16.8. The maximum Gasteiger partial charge on any atom is 0.251 e.